The Labute approximate surface area is 164 Å². The van der Waals surface area contributed by atoms with E-state index in [-0.39, 0.29) is 5.91 Å². The van der Waals surface area contributed by atoms with Crippen LogP contribution in [0.3, 0.4) is 0 Å². The van der Waals surface area contributed by atoms with E-state index < -0.39 is 0 Å². The van der Waals surface area contributed by atoms with E-state index in [4.69, 9.17) is 16.7 Å². The highest BCUT2D eigenvalue weighted by Gasteiger charge is 2.25. The molecule has 2 aromatic carbocycles. The number of aromatic nitrogens is 2. The van der Waals surface area contributed by atoms with Gasteiger partial charge in [0.25, 0.3) is 5.91 Å². The SMILES string of the molecule is Cc1ccc(-c2cc(C(=O)N3CCCC3)n(-c3ccc(Cl)cc3)n2)cc1C. The topological polar surface area (TPSA) is 38.1 Å². The van der Waals surface area contributed by atoms with Crippen LogP contribution < -0.4 is 0 Å². The maximum atomic E-state index is 13.1. The average molecular weight is 380 g/mol. The van der Waals surface area contributed by atoms with E-state index in [0.29, 0.717) is 10.7 Å². The zero-order chi connectivity index (χ0) is 19.0. The Hall–Kier alpha value is -2.59. The Morgan fingerprint density at radius 3 is 2.33 bits per heavy atom. The van der Waals surface area contributed by atoms with Gasteiger partial charge < -0.3 is 4.90 Å². The van der Waals surface area contributed by atoms with Gasteiger partial charge in [-0.2, -0.15) is 5.10 Å². The lowest BCUT2D eigenvalue weighted by molar-refractivity contribution is 0.0784. The van der Waals surface area contributed by atoms with Crippen molar-refractivity contribution in [2.45, 2.75) is 26.7 Å². The number of benzene rings is 2. The molecule has 0 atom stereocenters. The predicted octanol–water partition coefficient (Wildman–Crippen LogP) is 5.05. The smallest absolute Gasteiger partial charge is 0.272 e. The van der Waals surface area contributed by atoms with Crippen LogP contribution in [0.15, 0.2) is 48.5 Å². The maximum Gasteiger partial charge on any atom is 0.272 e. The summed E-state index contributed by atoms with van der Waals surface area (Å²) < 4.78 is 1.74. The van der Waals surface area contributed by atoms with Crippen molar-refractivity contribution in [1.29, 1.82) is 0 Å². The molecule has 4 rings (SSSR count). The van der Waals surface area contributed by atoms with Crippen molar-refractivity contribution in [2.24, 2.45) is 0 Å². The highest BCUT2D eigenvalue weighted by Crippen LogP contribution is 2.26. The molecule has 0 N–H and O–H groups in total. The summed E-state index contributed by atoms with van der Waals surface area (Å²) in [7, 11) is 0. The monoisotopic (exact) mass is 379 g/mol. The van der Waals surface area contributed by atoms with Crippen LogP contribution in [0.1, 0.15) is 34.5 Å². The highest BCUT2D eigenvalue weighted by atomic mass is 35.5. The standard InChI is InChI=1S/C22H22ClN3O/c1-15-5-6-17(13-16(15)2)20-14-21(22(27)25-11-3-4-12-25)26(24-20)19-9-7-18(23)8-10-19/h5-10,13-14H,3-4,11-12H2,1-2H3. The van der Waals surface area contributed by atoms with E-state index in [1.54, 1.807) is 4.68 Å². The second-order valence-electron chi connectivity index (χ2n) is 7.10. The number of nitrogens with zero attached hydrogens (tertiary/aromatic N) is 3. The van der Waals surface area contributed by atoms with E-state index in [0.717, 1.165) is 42.9 Å². The van der Waals surface area contributed by atoms with Gasteiger partial charge in [-0.3, -0.25) is 4.79 Å². The minimum absolute atomic E-state index is 0.0324. The molecule has 0 aliphatic carbocycles. The molecule has 1 aromatic heterocycles. The molecule has 1 aliphatic rings. The van der Waals surface area contributed by atoms with Gasteiger partial charge in [0.1, 0.15) is 5.69 Å². The van der Waals surface area contributed by atoms with Crippen LogP contribution in [0.2, 0.25) is 5.02 Å². The molecule has 0 radical (unpaired) electrons. The van der Waals surface area contributed by atoms with Crippen LogP contribution in [0, 0.1) is 13.8 Å². The molecule has 27 heavy (non-hydrogen) atoms. The van der Waals surface area contributed by atoms with E-state index in [2.05, 4.69) is 32.0 Å². The number of hydrogen-bond acceptors (Lipinski definition) is 2. The van der Waals surface area contributed by atoms with E-state index in [9.17, 15) is 4.79 Å². The maximum absolute atomic E-state index is 13.1. The summed E-state index contributed by atoms with van der Waals surface area (Å²) in [5.41, 5.74) is 5.69. The van der Waals surface area contributed by atoms with Gasteiger partial charge in [0, 0.05) is 23.7 Å². The fourth-order valence-electron chi connectivity index (χ4n) is 3.44. The summed E-state index contributed by atoms with van der Waals surface area (Å²) in [6.45, 7) is 5.80. The van der Waals surface area contributed by atoms with Crippen molar-refractivity contribution >= 4 is 17.5 Å². The zero-order valence-corrected chi connectivity index (χ0v) is 16.3. The second-order valence-corrected chi connectivity index (χ2v) is 7.54. The number of hydrogen-bond donors (Lipinski definition) is 0. The lowest BCUT2D eigenvalue weighted by atomic mass is 10.0. The highest BCUT2D eigenvalue weighted by molar-refractivity contribution is 6.30. The summed E-state index contributed by atoms with van der Waals surface area (Å²) in [4.78, 5) is 15.0. The molecule has 138 valence electrons. The number of carbonyl (C=O) groups is 1. The minimum atomic E-state index is 0.0324. The van der Waals surface area contributed by atoms with Gasteiger partial charge in [-0.15, -0.1) is 0 Å². The van der Waals surface area contributed by atoms with Crippen LogP contribution in [-0.4, -0.2) is 33.7 Å². The molecule has 1 aliphatic heterocycles. The summed E-state index contributed by atoms with van der Waals surface area (Å²) in [6, 6.07) is 15.6. The fraction of sp³-hybridized carbons (Fsp3) is 0.273. The largest absolute Gasteiger partial charge is 0.337 e. The summed E-state index contributed by atoms with van der Waals surface area (Å²) >= 11 is 6.03. The quantitative estimate of drug-likeness (QED) is 0.639. The van der Waals surface area contributed by atoms with Crippen LogP contribution in [0.5, 0.6) is 0 Å². The molecule has 1 saturated heterocycles. The Bertz CT molecular complexity index is 985. The van der Waals surface area contributed by atoms with Crippen molar-refractivity contribution in [3.63, 3.8) is 0 Å². The number of rotatable bonds is 3. The van der Waals surface area contributed by atoms with E-state index in [1.165, 1.54) is 11.1 Å². The first-order chi connectivity index (χ1) is 13.0. The second kappa shape index (κ2) is 7.20. The van der Waals surface area contributed by atoms with Crippen molar-refractivity contribution < 1.29 is 4.79 Å². The Balaban J connectivity index is 1.82. The summed E-state index contributed by atoms with van der Waals surface area (Å²) in [6.07, 6.45) is 2.12. The summed E-state index contributed by atoms with van der Waals surface area (Å²) in [5.74, 6) is 0.0324. The molecule has 0 unspecified atom stereocenters. The van der Waals surface area contributed by atoms with Gasteiger partial charge in [0.05, 0.1) is 11.4 Å². The third-order valence-electron chi connectivity index (χ3n) is 5.20. The molecule has 0 saturated carbocycles. The van der Waals surface area contributed by atoms with E-state index in [1.807, 2.05) is 35.2 Å². The van der Waals surface area contributed by atoms with Crippen molar-refractivity contribution in [3.8, 4) is 16.9 Å². The van der Waals surface area contributed by atoms with Gasteiger partial charge in [-0.05, 0) is 74.2 Å². The Morgan fingerprint density at radius 1 is 0.963 bits per heavy atom. The van der Waals surface area contributed by atoms with Gasteiger partial charge in [0.2, 0.25) is 0 Å². The number of aryl methyl sites for hydroxylation is 2. The van der Waals surface area contributed by atoms with Crippen LogP contribution in [-0.2, 0) is 0 Å². The number of halogens is 1. The average Bonchev–Trinajstić information content (AvgIpc) is 3.34. The Morgan fingerprint density at radius 2 is 1.67 bits per heavy atom. The van der Waals surface area contributed by atoms with Crippen LogP contribution in [0.25, 0.3) is 16.9 Å². The van der Waals surface area contributed by atoms with Crippen LogP contribution in [0.4, 0.5) is 0 Å². The molecular weight excluding hydrogens is 358 g/mol. The van der Waals surface area contributed by atoms with Gasteiger partial charge in [-0.1, -0.05) is 23.7 Å². The molecule has 0 spiro atoms. The third-order valence-corrected chi connectivity index (χ3v) is 5.45. The lowest BCUT2D eigenvalue weighted by Gasteiger charge is -2.16. The van der Waals surface area contributed by atoms with Crippen molar-refractivity contribution in [2.75, 3.05) is 13.1 Å². The number of likely N-dealkylation sites (tertiary alicyclic amines) is 1. The van der Waals surface area contributed by atoms with Crippen molar-refractivity contribution in [3.05, 3.63) is 70.4 Å². The first-order valence-electron chi connectivity index (χ1n) is 9.26. The lowest BCUT2D eigenvalue weighted by Crippen LogP contribution is -2.29. The first kappa shape index (κ1) is 17.8. The summed E-state index contributed by atoms with van der Waals surface area (Å²) in [5, 5.41) is 5.43. The first-order valence-corrected chi connectivity index (χ1v) is 9.63. The van der Waals surface area contributed by atoms with Crippen molar-refractivity contribution in [1.82, 2.24) is 14.7 Å². The molecular formula is C22H22ClN3O. The third kappa shape index (κ3) is 3.50. The molecule has 4 nitrogen and oxygen atoms in total. The number of amides is 1. The van der Waals surface area contributed by atoms with Gasteiger partial charge in [-0.25, -0.2) is 4.68 Å². The molecule has 1 amide bonds. The van der Waals surface area contributed by atoms with Gasteiger partial charge in [0.15, 0.2) is 0 Å². The van der Waals surface area contributed by atoms with Crippen LogP contribution >= 0.6 is 11.6 Å². The predicted molar refractivity (Wildman–Crippen MR) is 109 cm³/mol. The fourth-order valence-corrected chi connectivity index (χ4v) is 3.56. The normalized spacial score (nSPS) is 14.0. The molecule has 1 fully saturated rings. The molecule has 5 heteroatoms. The molecule has 0 bridgehead atoms. The van der Waals surface area contributed by atoms with E-state index >= 15 is 0 Å². The molecule has 2 heterocycles. The van der Waals surface area contributed by atoms with Gasteiger partial charge >= 0.3 is 0 Å². The Kier molecular flexibility index (Phi) is 4.75. The number of carbonyl (C=O) groups excluding carboxylic acids is 1. The zero-order valence-electron chi connectivity index (χ0n) is 15.6. The minimum Gasteiger partial charge on any atom is -0.337 e. The molecule has 3 aromatic rings.